The summed E-state index contributed by atoms with van der Waals surface area (Å²) in [6.07, 6.45) is 3.71. The molecule has 0 atom stereocenters. The molecule has 158 valence electrons. The Kier molecular flexibility index (Phi) is 6.52. The minimum absolute atomic E-state index is 0.0810. The van der Waals surface area contributed by atoms with Gasteiger partial charge in [0, 0.05) is 35.2 Å². The van der Waals surface area contributed by atoms with Gasteiger partial charge in [-0.15, -0.1) is 11.8 Å². The molecule has 0 aliphatic rings. The maximum atomic E-state index is 12.8. The molecule has 1 N–H and O–H groups in total. The van der Waals surface area contributed by atoms with Gasteiger partial charge in [-0.1, -0.05) is 41.6 Å². The third-order valence-corrected chi connectivity index (χ3v) is 6.16. The molecule has 31 heavy (non-hydrogen) atoms. The topological polar surface area (TPSA) is 73.0 Å². The number of thioether (sulfide) groups is 1. The molecule has 2 heterocycles. The number of aromatic nitrogens is 3. The molecular weight excluding hydrogens is 408 g/mol. The third-order valence-electron chi connectivity index (χ3n) is 5.06. The summed E-state index contributed by atoms with van der Waals surface area (Å²) in [4.78, 5) is 13.8. The summed E-state index contributed by atoms with van der Waals surface area (Å²) in [5, 5.41) is 11.3. The van der Waals surface area contributed by atoms with Crippen LogP contribution in [-0.4, -0.2) is 20.8 Å². The van der Waals surface area contributed by atoms with Crippen LogP contribution in [0.25, 0.3) is 0 Å². The molecule has 4 rings (SSSR count). The van der Waals surface area contributed by atoms with Crippen molar-refractivity contribution in [2.75, 3.05) is 0 Å². The lowest BCUT2D eigenvalue weighted by Gasteiger charge is -2.10. The predicted molar refractivity (Wildman–Crippen MR) is 121 cm³/mol. The minimum atomic E-state index is -0.0810. The second-order valence-electron chi connectivity index (χ2n) is 7.29. The predicted octanol–water partition coefficient (Wildman–Crippen LogP) is 4.76. The molecule has 0 fully saturated rings. The van der Waals surface area contributed by atoms with Gasteiger partial charge in [0.05, 0.1) is 17.8 Å². The maximum Gasteiger partial charge on any atom is 0.252 e. The van der Waals surface area contributed by atoms with Gasteiger partial charge in [-0.05, 0) is 43.2 Å². The number of carbonyl (C=O) groups is 1. The van der Waals surface area contributed by atoms with Gasteiger partial charge in [-0.25, -0.2) is 0 Å². The van der Waals surface area contributed by atoms with Gasteiger partial charge in [0.2, 0.25) is 0 Å². The number of amides is 1. The van der Waals surface area contributed by atoms with Crippen LogP contribution in [0.4, 0.5) is 0 Å². The molecule has 2 aromatic heterocycles. The van der Waals surface area contributed by atoms with Crippen LogP contribution in [0.15, 0.2) is 76.4 Å². The molecule has 0 unspecified atom stereocenters. The maximum absolute atomic E-state index is 12.8. The number of aryl methyl sites for hydroxylation is 2. The van der Waals surface area contributed by atoms with Gasteiger partial charge in [0.1, 0.15) is 5.76 Å². The zero-order valence-electron chi connectivity index (χ0n) is 17.5. The average molecular weight is 433 g/mol. The molecule has 2 aromatic carbocycles. The fraction of sp³-hybridized carbons (Fsp3) is 0.208. The summed E-state index contributed by atoms with van der Waals surface area (Å²) in [7, 11) is 0. The number of hydrogen-bond acceptors (Lipinski definition) is 5. The first-order valence-corrected chi connectivity index (χ1v) is 11.1. The standard InChI is InChI=1S/C24H24N4O2S/c1-17-22(18(2)30-27-17)16-31-23-7-4-3-6-21(23)24(29)25-14-19-8-10-20(11-9-19)15-28-13-5-12-26-28/h3-13H,14-16H2,1-2H3,(H,25,29). The van der Waals surface area contributed by atoms with Crippen LogP contribution in [-0.2, 0) is 18.8 Å². The molecule has 7 heteroatoms. The molecule has 0 aliphatic heterocycles. The summed E-state index contributed by atoms with van der Waals surface area (Å²) >= 11 is 1.62. The van der Waals surface area contributed by atoms with Crippen LogP contribution in [0.3, 0.4) is 0 Å². The van der Waals surface area contributed by atoms with Crippen LogP contribution < -0.4 is 5.32 Å². The van der Waals surface area contributed by atoms with Gasteiger partial charge in [0.25, 0.3) is 5.91 Å². The number of nitrogens with zero attached hydrogens (tertiary/aromatic N) is 3. The Morgan fingerprint density at radius 2 is 1.84 bits per heavy atom. The first-order chi connectivity index (χ1) is 15.1. The smallest absolute Gasteiger partial charge is 0.252 e. The molecule has 6 nitrogen and oxygen atoms in total. The second-order valence-corrected chi connectivity index (χ2v) is 8.31. The van der Waals surface area contributed by atoms with Crippen molar-refractivity contribution in [3.63, 3.8) is 0 Å². The Morgan fingerprint density at radius 3 is 2.55 bits per heavy atom. The van der Waals surface area contributed by atoms with E-state index in [9.17, 15) is 4.79 Å². The Balaban J connectivity index is 1.36. The first kappa shape index (κ1) is 20.9. The molecule has 0 radical (unpaired) electrons. The first-order valence-electron chi connectivity index (χ1n) is 10.1. The quantitative estimate of drug-likeness (QED) is 0.407. The van der Waals surface area contributed by atoms with Gasteiger partial charge in [0.15, 0.2) is 0 Å². The van der Waals surface area contributed by atoms with Crippen molar-refractivity contribution in [2.24, 2.45) is 0 Å². The normalized spacial score (nSPS) is 10.9. The lowest BCUT2D eigenvalue weighted by molar-refractivity contribution is 0.0948. The largest absolute Gasteiger partial charge is 0.361 e. The summed E-state index contributed by atoms with van der Waals surface area (Å²) in [5.41, 5.74) is 4.87. The third kappa shape index (κ3) is 5.24. The Labute approximate surface area is 185 Å². The Morgan fingerprint density at radius 1 is 1.06 bits per heavy atom. The van der Waals surface area contributed by atoms with Gasteiger partial charge < -0.3 is 9.84 Å². The van der Waals surface area contributed by atoms with Crippen LogP contribution in [0.2, 0.25) is 0 Å². The van der Waals surface area contributed by atoms with Crippen molar-refractivity contribution in [1.29, 1.82) is 0 Å². The summed E-state index contributed by atoms with van der Waals surface area (Å²) < 4.78 is 7.12. The van der Waals surface area contributed by atoms with E-state index in [4.69, 9.17) is 4.52 Å². The molecular formula is C24H24N4O2S. The Hall–Kier alpha value is -3.32. The van der Waals surface area contributed by atoms with Crippen molar-refractivity contribution in [2.45, 2.75) is 37.6 Å². The minimum Gasteiger partial charge on any atom is -0.361 e. The van der Waals surface area contributed by atoms with Crippen LogP contribution in [0.5, 0.6) is 0 Å². The van der Waals surface area contributed by atoms with Crippen molar-refractivity contribution in [3.8, 4) is 0 Å². The highest BCUT2D eigenvalue weighted by molar-refractivity contribution is 7.98. The van der Waals surface area contributed by atoms with Gasteiger partial charge >= 0.3 is 0 Å². The monoisotopic (exact) mass is 432 g/mol. The van der Waals surface area contributed by atoms with E-state index in [2.05, 4.69) is 27.7 Å². The SMILES string of the molecule is Cc1noc(C)c1CSc1ccccc1C(=O)NCc1ccc(Cn2cccn2)cc1. The van der Waals surface area contributed by atoms with Gasteiger partial charge in [-0.3, -0.25) is 9.48 Å². The highest BCUT2D eigenvalue weighted by Gasteiger charge is 2.14. The molecule has 0 spiro atoms. The highest BCUT2D eigenvalue weighted by Crippen LogP contribution is 2.28. The van der Waals surface area contributed by atoms with E-state index in [1.165, 1.54) is 5.56 Å². The van der Waals surface area contributed by atoms with Crippen LogP contribution in [0, 0.1) is 13.8 Å². The highest BCUT2D eigenvalue weighted by atomic mass is 32.2. The molecule has 0 bridgehead atoms. The molecule has 0 saturated carbocycles. The summed E-state index contributed by atoms with van der Waals surface area (Å²) in [6.45, 7) is 5.05. The number of carbonyl (C=O) groups excluding carboxylic acids is 1. The van der Waals surface area contributed by atoms with Crippen LogP contribution >= 0.6 is 11.8 Å². The second kappa shape index (κ2) is 9.66. The van der Waals surface area contributed by atoms with E-state index >= 15 is 0 Å². The number of nitrogens with one attached hydrogen (secondary N) is 1. The van der Waals surface area contributed by atoms with E-state index in [0.717, 1.165) is 34.0 Å². The van der Waals surface area contributed by atoms with E-state index in [1.807, 2.05) is 67.2 Å². The fourth-order valence-electron chi connectivity index (χ4n) is 3.26. The zero-order chi connectivity index (χ0) is 21.6. The number of rotatable bonds is 8. The lowest BCUT2D eigenvalue weighted by atomic mass is 10.1. The van der Waals surface area contributed by atoms with E-state index in [0.29, 0.717) is 17.9 Å². The van der Waals surface area contributed by atoms with E-state index in [1.54, 1.807) is 18.0 Å². The Bertz CT molecular complexity index is 1130. The molecule has 1 amide bonds. The molecule has 0 aliphatic carbocycles. The van der Waals surface area contributed by atoms with E-state index < -0.39 is 0 Å². The number of hydrogen-bond donors (Lipinski definition) is 1. The number of benzene rings is 2. The average Bonchev–Trinajstić information content (AvgIpc) is 3.41. The van der Waals surface area contributed by atoms with Crippen molar-refractivity contribution in [3.05, 3.63) is 101 Å². The van der Waals surface area contributed by atoms with Crippen molar-refractivity contribution in [1.82, 2.24) is 20.3 Å². The molecule has 4 aromatic rings. The lowest BCUT2D eigenvalue weighted by Crippen LogP contribution is -2.23. The zero-order valence-corrected chi connectivity index (χ0v) is 18.4. The van der Waals surface area contributed by atoms with E-state index in [-0.39, 0.29) is 5.91 Å². The van der Waals surface area contributed by atoms with Crippen molar-refractivity contribution >= 4 is 17.7 Å². The summed E-state index contributed by atoms with van der Waals surface area (Å²) in [6, 6.07) is 17.8. The van der Waals surface area contributed by atoms with Gasteiger partial charge in [-0.2, -0.15) is 5.10 Å². The fourth-order valence-corrected chi connectivity index (χ4v) is 4.46. The van der Waals surface area contributed by atoms with Crippen molar-refractivity contribution < 1.29 is 9.32 Å². The molecule has 0 saturated heterocycles. The van der Waals surface area contributed by atoms with Crippen LogP contribution in [0.1, 0.15) is 38.5 Å². The summed E-state index contributed by atoms with van der Waals surface area (Å²) in [5.74, 6) is 1.45.